The van der Waals surface area contributed by atoms with Crippen molar-refractivity contribution in [2.24, 2.45) is 23.7 Å². The fourth-order valence-electron chi connectivity index (χ4n) is 8.44. The minimum Gasteiger partial charge on any atom is -0.465 e. The molecule has 0 unspecified atom stereocenters. The Morgan fingerprint density at radius 1 is 0.564 bits per heavy atom. The zero-order valence-electron chi connectivity index (χ0n) is 42.5. The molecule has 0 aliphatic heterocycles. The van der Waals surface area contributed by atoms with Gasteiger partial charge in [-0.1, -0.05) is 37.9 Å². The van der Waals surface area contributed by atoms with Crippen LogP contribution in [0, 0.1) is 35.0 Å². The van der Waals surface area contributed by atoms with E-state index in [1.54, 1.807) is 54.6 Å². The maximum Gasteiger partial charge on any atom is 0.333 e. The SMILES string of the molecule is C=CC(=O)COCOc1ccc(OC(=O)C2CCC(C(=O)Oc3ccc(CCOC(=O)C4CCC(C(=O)Oc5ccc(OCOC(=O)C=C)cc5)CC4)c4sc(-c5ccc(C#N)cc5)nc34)CC2)cc1OCOCC(=O)C=C. The molecule has 0 spiro atoms. The average Bonchev–Trinajstić information content (AvgIpc) is 3.95. The maximum atomic E-state index is 13.8. The number of rotatable bonds is 27. The van der Waals surface area contributed by atoms with Gasteiger partial charge >= 0.3 is 29.8 Å². The van der Waals surface area contributed by atoms with Gasteiger partial charge in [-0.25, -0.2) is 9.78 Å². The van der Waals surface area contributed by atoms with E-state index in [0.717, 1.165) is 34.1 Å². The van der Waals surface area contributed by atoms with Gasteiger partial charge in [0, 0.05) is 24.1 Å². The van der Waals surface area contributed by atoms with Gasteiger partial charge in [0.15, 0.2) is 42.4 Å². The molecule has 0 saturated heterocycles. The third-order valence-electron chi connectivity index (χ3n) is 12.8. The number of aromatic nitrogens is 1. The van der Waals surface area contributed by atoms with Crippen LogP contribution in [-0.2, 0) is 58.9 Å². The number of hydrogen-bond acceptors (Lipinski definition) is 20. The van der Waals surface area contributed by atoms with Crippen molar-refractivity contribution in [3.63, 3.8) is 0 Å². The first-order valence-electron chi connectivity index (χ1n) is 25.0. The molecule has 19 nitrogen and oxygen atoms in total. The van der Waals surface area contributed by atoms with Crippen molar-refractivity contribution in [2.75, 3.05) is 40.2 Å². The second-order valence-electron chi connectivity index (χ2n) is 18.0. The number of benzene rings is 4. The summed E-state index contributed by atoms with van der Waals surface area (Å²) in [5.74, 6) is -3.42. The molecular weight excluding hydrogens is 1030 g/mol. The van der Waals surface area contributed by atoms with E-state index in [2.05, 4.69) is 25.8 Å². The Kier molecular flexibility index (Phi) is 21.0. The quantitative estimate of drug-likeness (QED) is 0.0156. The topological polar surface area (TPSA) is 248 Å². The zero-order chi connectivity index (χ0) is 55.4. The third kappa shape index (κ3) is 16.3. The lowest BCUT2D eigenvalue weighted by Crippen LogP contribution is -2.30. The highest BCUT2D eigenvalue weighted by Crippen LogP contribution is 2.40. The molecule has 0 radical (unpaired) electrons. The molecule has 4 aromatic carbocycles. The molecule has 1 aromatic heterocycles. The van der Waals surface area contributed by atoms with Crippen LogP contribution < -0.4 is 28.4 Å². The summed E-state index contributed by atoms with van der Waals surface area (Å²) in [5, 5.41) is 10.0. The van der Waals surface area contributed by atoms with Crippen molar-refractivity contribution in [3.8, 4) is 51.1 Å². The molecule has 1 heterocycles. The summed E-state index contributed by atoms with van der Waals surface area (Å²) in [7, 11) is 0. The highest BCUT2D eigenvalue weighted by Gasteiger charge is 2.34. The van der Waals surface area contributed by atoms with Gasteiger partial charge in [-0.15, -0.1) is 11.3 Å². The lowest BCUT2D eigenvalue weighted by Gasteiger charge is -2.26. The van der Waals surface area contributed by atoms with Gasteiger partial charge in [0.1, 0.15) is 41.0 Å². The fourth-order valence-corrected chi connectivity index (χ4v) is 9.57. The number of carbonyl (C=O) groups excluding carboxylic acids is 7. The van der Waals surface area contributed by atoms with Gasteiger partial charge in [0.05, 0.1) is 46.6 Å². The monoisotopic (exact) mass is 1080 g/mol. The van der Waals surface area contributed by atoms with Crippen LogP contribution >= 0.6 is 11.3 Å². The molecule has 2 fully saturated rings. The molecule has 78 heavy (non-hydrogen) atoms. The summed E-state index contributed by atoms with van der Waals surface area (Å²) in [4.78, 5) is 92.7. The van der Waals surface area contributed by atoms with Crippen LogP contribution in [0.2, 0.25) is 0 Å². The summed E-state index contributed by atoms with van der Waals surface area (Å²) in [6.45, 7) is 8.73. The molecule has 2 saturated carbocycles. The lowest BCUT2D eigenvalue weighted by molar-refractivity contribution is -0.152. The Morgan fingerprint density at radius 3 is 1.67 bits per heavy atom. The van der Waals surface area contributed by atoms with Gasteiger partial charge in [0.2, 0.25) is 6.79 Å². The number of nitriles is 1. The Hall–Kier alpha value is -8.51. The second-order valence-corrected chi connectivity index (χ2v) is 19.0. The van der Waals surface area contributed by atoms with Crippen molar-refractivity contribution in [1.29, 1.82) is 5.26 Å². The standard InChI is InChI=1S/C58H56N2O17S/c1-4-43(61)31-68-33-72-48-26-24-47(29-50(48)73-34-69-32-44(62)5-2)76-57(66)41-15-17-42(18-16-41)58(67)77-49-25-19-37(53-52(49)60-54(78-53)38-9-7-36(30-59)8-10-38)27-28-70-55(64)39-11-13-40(14-12-39)56(65)75-46-22-20-45(21-23-46)71-35-74-51(63)6-3/h4-10,19-26,29,39-42H,1-3,11-18,27-28,31-35H2. The molecule has 0 bridgehead atoms. The Morgan fingerprint density at radius 2 is 1.09 bits per heavy atom. The van der Waals surface area contributed by atoms with E-state index >= 15 is 0 Å². The Balaban J connectivity index is 0.918. The van der Waals surface area contributed by atoms with E-state index in [1.807, 2.05) is 6.07 Å². The highest BCUT2D eigenvalue weighted by molar-refractivity contribution is 7.21. The number of ether oxygens (including phenoxy) is 10. The molecule has 20 heteroatoms. The smallest absolute Gasteiger partial charge is 0.333 e. The zero-order valence-corrected chi connectivity index (χ0v) is 43.3. The summed E-state index contributed by atoms with van der Waals surface area (Å²) in [6, 6.07) is 23.3. The summed E-state index contributed by atoms with van der Waals surface area (Å²) >= 11 is 1.38. The van der Waals surface area contributed by atoms with Crippen molar-refractivity contribution in [3.05, 3.63) is 128 Å². The van der Waals surface area contributed by atoms with Crippen LogP contribution in [0.25, 0.3) is 20.8 Å². The average molecular weight is 1090 g/mol. The number of esters is 5. The van der Waals surface area contributed by atoms with Gasteiger partial charge in [0.25, 0.3) is 0 Å². The largest absolute Gasteiger partial charge is 0.465 e. The Labute approximate surface area is 453 Å². The van der Waals surface area contributed by atoms with Crippen molar-refractivity contribution >= 4 is 63.0 Å². The predicted octanol–water partition coefficient (Wildman–Crippen LogP) is 8.93. The molecule has 7 rings (SSSR count). The molecule has 0 N–H and O–H groups in total. The van der Waals surface area contributed by atoms with E-state index in [-0.39, 0.29) is 92.6 Å². The van der Waals surface area contributed by atoms with E-state index in [9.17, 15) is 38.8 Å². The van der Waals surface area contributed by atoms with Crippen LogP contribution in [-0.4, -0.2) is 86.6 Å². The first kappa shape index (κ1) is 57.2. The van der Waals surface area contributed by atoms with Crippen LogP contribution in [0.5, 0.6) is 34.5 Å². The number of carbonyl (C=O) groups is 7. The van der Waals surface area contributed by atoms with Crippen LogP contribution in [0.3, 0.4) is 0 Å². The van der Waals surface area contributed by atoms with E-state index < -0.39 is 35.7 Å². The van der Waals surface area contributed by atoms with Crippen molar-refractivity contribution in [1.82, 2.24) is 4.98 Å². The van der Waals surface area contributed by atoms with Crippen molar-refractivity contribution in [2.45, 2.75) is 57.8 Å². The molecule has 5 aromatic rings. The minimum absolute atomic E-state index is 0.0701. The predicted molar refractivity (Wildman–Crippen MR) is 280 cm³/mol. The summed E-state index contributed by atoms with van der Waals surface area (Å²) in [6.07, 6.45) is 6.82. The number of thiazole rings is 1. The summed E-state index contributed by atoms with van der Waals surface area (Å²) < 4.78 is 55.8. The maximum absolute atomic E-state index is 13.8. The number of nitrogens with zero attached hydrogens (tertiary/aromatic N) is 2. The number of fused-ring (bicyclic) bond motifs is 1. The highest BCUT2D eigenvalue weighted by atomic mass is 32.1. The molecule has 406 valence electrons. The van der Waals surface area contributed by atoms with Gasteiger partial charge in [-0.3, -0.25) is 28.8 Å². The van der Waals surface area contributed by atoms with Crippen LogP contribution in [0.15, 0.2) is 117 Å². The van der Waals surface area contributed by atoms with Gasteiger partial charge < -0.3 is 47.4 Å². The van der Waals surface area contributed by atoms with Crippen LogP contribution in [0.4, 0.5) is 0 Å². The Bertz CT molecular complexity index is 3040. The first-order valence-corrected chi connectivity index (χ1v) is 25.8. The lowest BCUT2D eigenvalue weighted by atomic mass is 9.82. The van der Waals surface area contributed by atoms with Gasteiger partial charge in [-0.2, -0.15) is 5.26 Å². The number of ketones is 2. The first-order chi connectivity index (χ1) is 37.8. The molecule has 2 aliphatic carbocycles. The summed E-state index contributed by atoms with van der Waals surface area (Å²) in [5.41, 5.74) is 2.50. The fraction of sp³-hybridized carbons (Fsp3) is 0.328. The second kappa shape index (κ2) is 28.6. The van der Waals surface area contributed by atoms with E-state index in [1.165, 1.54) is 29.5 Å². The van der Waals surface area contributed by atoms with Crippen molar-refractivity contribution < 1.29 is 80.9 Å². The molecular formula is C58H56N2O17S. The van der Waals surface area contributed by atoms with E-state index in [0.29, 0.717) is 85.4 Å². The van der Waals surface area contributed by atoms with E-state index in [4.69, 9.17) is 52.4 Å². The van der Waals surface area contributed by atoms with Gasteiger partial charge in [-0.05, 0) is 124 Å². The molecule has 0 atom stereocenters. The molecule has 0 amide bonds. The van der Waals surface area contributed by atoms with Crippen LogP contribution in [0.1, 0.15) is 62.5 Å². The molecule has 2 aliphatic rings. The minimum atomic E-state index is -0.616. The number of hydrogen-bond donors (Lipinski definition) is 0. The third-order valence-corrected chi connectivity index (χ3v) is 14.0. The normalized spacial score (nSPS) is 16.8.